The third-order valence-corrected chi connectivity index (χ3v) is 3.81. The number of rotatable bonds is 4. The fourth-order valence-corrected chi connectivity index (χ4v) is 2.71. The van der Waals surface area contributed by atoms with Gasteiger partial charge in [-0.1, -0.05) is 13.8 Å². The number of nitrogens with zero attached hydrogens (tertiary/aromatic N) is 2. The minimum absolute atomic E-state index is 0.286. The molecule has 1 saturated heterocycles. The molecule has 1 unspecified atom stereocenters. The van der Waals surface area contributed by atoms with Crippen LogP contribution in [-0.4, -0.2) is 23.5 Å². The number of nitriles is 1. The van der Waals surface area contributed by atoms with E-state index in [-0.39, 0.29) is 5.54 Å². The van der Waals surface area contributed by atoms with Gasteiger partial charge < -0.3 is 0 Å². The van der Waals surface area contributed by atoms with Crippen LogP contribution in [0.5, 0.6) is 0 Å². The monoisotopic (exact) mass is 222 g/mol. The molecule has 16 heavy (non-hydrogen) atoms. The van der Waals surface area contributed by atoms with Gasteiger partial charge in [-0.15, -0.1) is 0 Å². The molecule has 0 aliphatic carbocycles. The maximum absolute atomic E-state index is 8.77. The molecule has 0 saturated carbocycles. The Morgan fingerprint density at radius 1 is 1.44 bits per heavy atom. The maximum atomic E-state index is 8.77. The van der Waals surface area contributed by atoms with Crippen LogP contribution in [0, 0.1) is 23.2 Å². The van der Waals surface area contributed by atoms with E-state index < -0.39 is 0 Å². The van der Waals surface area contributed by atoms with Crippen LogP contribution in [-0.2, 0) is 0 Å². The summed E-state index contributed by atoms with van der Waals surface area (Å²) in [6.45, 7) is 11.6. The van der Waals surface area contributed by atoms with Gasteiger partial charge in [0.15, 0.2) is 0 Å². The average molecular weight is 222 g/mol. The van der Waals surface area contributed by atoms with E-state index in [1.165, 1.54) is 32.4 Å². The summed E-state index contributed by atoms with van der Waals surface area (Å²) in [5.74, 6) is 1.41. The van der Waals surface area contributed by atoms with Crippen molar-refractivity contribution in [2.45, 2.75) is 58.9 Å². The smallest absolute Gasteiger partial charge is 0.0624 e. The van der Waals surface area contributed by atoms with Gasteiger partial charge in [0, 0.05) is 12.0 Å². The van der Waals surface area contributed by atoms with Gasteiger partial charge in [-0.25, -0.2) is 0 Å². The molecule has 0 aromatic rings. The molecule has 0 aromatic carbocycles. The second kappa shape index (κ2) is 5.68. The molecular formula is C14H26N2. The molecule has 0 N–H and O–H groups in total. The third-order valence-electron chi connectivity index (χ3n) is 3.81. The lowest BCUT2D eigenvalue weighted by molar-refractivity contribution is 0.0441. The summed E-state index contributed by atoms with van der Waals surface area (Å²) in [5.41, 5.74) is 0.286. The van der Waals surface area contributed by atoms with Crippen molar-refractivity contribution < 1.29 is 0 Å². The lowest BCUT2D eigenvalue weighted by Gasteiger charge is -2.45. The zero-order chi connectivity index (χ0) is 12.2. The Kier molecular flexibility index (Phi) is 4.80. The standard InChI is InChI=1S/C14H26N2/c1-12(2)6-9-16-10-7-13(5-8-15)11-14(16,3)4/h12-13H,5-7,9-11H2,1-4H3. The van der Waals surface area contributed by atoms with E-state index in [1.54, 1.807) is 0 Å². The SMILES string of the molecule is CC(C)CCN1CCC(CC#N)CC1(C)C. The molecule has 0 spiro atoms. The first-order valence-electron chi connectivity index (χ1n) is 6.57. The lowest BCUT2D eigenvalue weighted by Crippen LogP contribution is -2.50. The van der Waals surface area contributed by atoms with Crippen LogP contribution in [0.25, 0.3) is 0 Å². The van der Waals surface area contributed by atoms with Gasteiger partial charge in [-0.05, 0) is 58.0 Å². The molecule has 1 rings (SSSR count). The van der Waals surface area contributed by atoms with Crippen LogP contribution < -0.4 is 0 Å². The Labute approximate surface area is 101 Å². The normalized spacial score (nSPS) is 25.6. The molecule has 2 heteroatoms. The highest BCUT2D eigenvalue weighted by Crippen LogP contribution is 2.33. The highest BCUT2D eigenvalue weighted by molar-refractivity contribution is 4.92. The average Bonchev–Trinajstić information content (AvgIpc) is 2.15. The zero-order valence-electron chi connectivity index (χ0n) is 11.3. The van der Waals surface area contributed by atoms with Crippen LogP contribution in [0.1, 0.15) is 53.4 Å². The fourth-order valence-electron chi connectivity index (χ4n) is 2.71. The van der Waals surface area contributed by atoms with Gasteiger partial charge >= 0.3 is 0 Å². The summed E-state index contributed by atoms with van der Waals surface area (Å²) in [7, 11) is 0. The van der Waals surface area contributed by atoms with E-state index in [9.17, 15) is 0 Å². The van der Waals surface area contributed by atoms with Crippen molar-refractivity contribution in [3.05, 3.63) is 0 Å². The molecule has 0 radical (unpaired) electrons. The van der Waals surface area contributed by atoms with Gasteiger partial charge in [0.25, 0.3) is 0 Å². The van der Waals surface area contributed by atoms with Gasteiger partial charge in [0.05, 0.1) is 6.07 Å². The summed E-state index contributed by atoms with van der Waals surface area (Å²) in [6.07, 6.45) is 4.40. The maximum Gasteiger partial charge on any atom is 0.0624 e. The van der Waals surface area contributed by atoms with Crippen LogP contribution in [0.2, 0.25) is 0 Å². The predicted molar refractivity (Wildman–Crippen MR) is 68.1 cm³/mol. The van der Waals surface area contributed by atoms with Crippen LogP contribution in [0.4, 0.5) is 0 Å². The molecular weight excluding hydrogens is 196 g/mol. The van der Waals surface area contributed by atoms with Crippen LogP contribution >= 0.6 is 0 Å². The Hall–Kier alpha value is -0.550. The van der Waals surface area contributed by atoms with Crippen molar-refractivity contribution in [1.29, 1.82) is 5.26 Å². The minimum atomic E-state index is 0.286. The largest absolute Gasteiger partial charge is 0.298 e. The van der Waals surface area contributed by atoms with Crippen molar-refractivity contribution in [1.82, 2.24) is 4.90 Å². The molecule has 92 valence electrons. The fraction of sp³-hybridized carbons (Fsp3) is 0.929. The van der Waals surface area contributed by atoms with E-state index in [0.29, 0.717) is 5.92 Å². The quantitative estimate of drug-likeness (QED) is 0.728. The summed E-state index contributed by atoms with van der Waals surface area (Å²) >= 11 is 0. The lowest BCUT2D eigenvalue weighted by atomic mass is 9.81. The first kappa shape index (κ1) is 13.5. The van der Waals surface area contributed by atoms with E-state index in [4.69, 9.17) is 5.26 Å². The Morgan fingerprint density at radius 2 is 2.12 bits per heavy atom. The third kappa shape index (κ3) is 3.79. The number of piperidine rings is 1. The molecule has 0 amide bonds. The highest BCUT2D eigenvalue weighted by atomic mass is 15.2. The van der Waals surface area contributed by atoms with E-state index >= 15 is 0 Å². The number of likely N-dealkylation sites (tertiary alicyclic amines) is 1. The van der Waals surface area contributed by atoms with Crippen LogP contribution in [0.3, 0.4) is 0 Å². The van der Waals surface area contributed by atoms with Gasteiger partial charge in [-0.2, -0.15) is 5.26 Å². The van der Waals surface area contributed by atoms with E-state index in [1.807, 2.05) is 0 Å². The predicted octanol–water partition coefficient (Wildman–Crippen LogP) is 3.44. The van der Waals surface area contributed by atoms with Crippen molar-refractivity contribution in [3.8, 4) is 6.07 Å². The van der Waals surface area contributed by atoms with Crippen molar-refractivity contribution in [2.75, 3.05) is 13.1 Å². The Bertz CT molecular complexity index is 250. The summed E-state index contributed by atoms with van der Waals surface area (Å²) in [4.78, 5) is 2.61. The molecule has 0 aromatic heterocycles. The van der Waals surface area contributed by atoms with Crippen molar-refractivity contribution >= 4 is 0 Å². The minimum Gasteiger partial charge on any atom is -0.298 e. The summed E-state index contributed by atoms with van der Waals surface area (Å²) < 4.78 is 0. The van der Waals surface area contributed by atoms with Crippen molar-refractivity contribution in [2.24, 2.45) is 11.8 Å². The molecule has 1 heterocycles. The Morgan fingerprint density at radius 3 is 2.62 bits per heavy atom. The highest BCUT2D eigenvalue weighted by Gasteiger charge is 2.34. The molecule has 1 atom stereocenters. The molecule has 1 aliphatic rings. The summed E-state index contributed by atoms with van der Waals surface area (Å²) in [6, 6.07) is 2.32. The number of hydrogen-bond acceptors (Lipinski definition) is 2. The first-order chi connectivity index (χ1) is 7.45. The second-order valence-corrected chi connectivity index (χ2v) is 6.20. The van der Waals surface area contributed by atoms with E-state index in [2.05, 4.69) is 38.7 Å². The van der Waals surface area contributed by atoms with E-state index in [0.717, 1.165) is 12.3 Å². The van der Waals surface area contributed by atoms with Gasteiger partial charge in [-0.3, -0.25) is 4.90 Å². The second-order valence-electron chi connectivity index (χ2n) is 6.20. The topological polar surface area (TPSA) is 27.0 Å². The molecule has 1 aliphatic heterocycles. The first-order valence-corrected chi connectivity index (χ1v) is 6.57. The van der Waals surface area contributed by atoms with Gasteiger partial charge in [0.1, 0.15) is 0 Å². The van der Waals surface area contributed by atoms with Crippen molar-refractivity contribution in [3.63, 3.8) is 0 Å². The zero-order valence-corrected chi connectivity index (χ0v) is 11.3. The number of hydrogen-bond donors (Lipinski definition) is 0. The molecule has 1 fully saturated rings. The van der Waals surface area contributed by atoms with Gasteiger partial charge in [0.2, 0.25) is 0 Å². The molecule has 0 bridgehead atoms. The summed E-state index contributed by atoms with van der Waals surface area (Å²) in [5, 5.41) is 8.77. The van der Waals surface area contributed by atoms with Crippen LogP contribution in [0.15, 0.2) is 0 Å². The Balaban J connectivity index is 2.47. The molecule has 2 nitrogen and oxygen atoms in total.